The van der Waals surface area contributed by atoms with Crippen molar-refractivity contribution in [3.05, 3.63) is 76.8 Å². The number of rotatable bonds is 4. The van der Waals surface area contributed by atoms with E-state index in [1.165, 1.54) is 11.3 Å². The van der Waals surface area contributed by atoms with Crippen molar-refractivity contribution >= 4 is 38.9 Å². The van der Waals surface area contributed by atoms with Crippen LogP contribution < -0.4 is 5.32 Å². The molecule has 0 aliphatic carbocycles. The van der Waals surface area contributed by atoms with Crippen molar-refractivity contribution in [2.45, 2.75) is 6.54 Å². The van der Waals surface area contributed by atoms with E-state index in [1.807, 2.05) is 47.2 Å². The van der Waals surface area contributed by atoms with E-state index in [-0.39, 0.29) is 5.91 Å². The molecule has 0 aliphatic heterocycles. The SMILES string of the molecule is O=C(NCc1cccnc1-n1ccnc1)c1sc2ccccc2c1Cl. The number of nitrogens with zero attached hydrogens (tertiary/aromatic N) is 3. The largest absolute Gasteiger partial charge is 0.347 e. The van der Waals surface area contributed by atoms with E-state index in [0.717, 1.165) is 21.5 Å². The Balaban J connectivity index is 1.57. The summed E-state index contributed by atoms with van der Waals surface area (Å²) in [6, 6.07) is 11.5. The van der Waals surface area contributed by atoms with Gasteiger partial charge in [-0.2, -0.15) is 0 Å². The number of benzene rings is 1. The number of thiophene rings is 1. The van der Waals surface area contributed by atoms with E-state index in [4.69, 9.17) is 11.6 Å². The number of fused-ring (bicyclic) bond motifs is 1. The van der Waals surface area contributed by atoms with E-state index in [2.05, 4.69) is 15.3 Å². The van der Waals surface area contributed by atoms with E-state index in [9.17, 15) is 4.79 Å². The fraction of sp³-hybridized carbons (Fsp3) is 0.0556. The molecule has 0 unspecified atom stereocenters. The zero-order valence-electron chi connectivity index (χ0n) is 13.0. The number of carbonyl (C=O) groups excluding carboxylic acids is 1. The van der Waals surface area contributed by atoms with E-state index < -0.39 is 0 Å². The number of hydrogen-bond acceptors (Lipinski definition) is 4. The highest BCUT2D eigenvalue weighted by Crippen LogP contribution is 2.35. The molecule has 3 heterocycles. The Morgan fingerprint density at radius 3 is 2.88 bits per heavy atom. The van der Waals surface area contributed by atoms with Gasteiger partial charge in [-0.3, -0.25) is 9.36 Å². The van der Waals surface area contributed by atoms with Crippen LogP contribution in [0, 0.1) is 0 Å². The van der Waals surface area contributed by atoms with Crippen molar-refractivity contribution in [2.24, 2.45) is 0 Å². The zero-order chi connectivity index (χ0) is 17.2. The molecule has 1 N–H and O–H groups in total. The van der Waals surface area contributed by atoms with Crippen LogP contribution in [0.1, 0.15) is 15.2 Å². The van der Waals surface area contributed by atoms with Crippen LogP contribution in [-0.2, 0) is 6.54 Å². The fourth-order valence-electron chi connectivity index (χ4n) is 2.60. The Morgan fingerprint density at radius 1 is 1.20 bits per heavy atom. The lowest BCUT2D eigenvalue weighted by molar-refractivity contribution is 0.0955. The van der Waals surface area contributed by atoms with Crippen LogP contribution >= 0.6 is 22.9 Å². The minimum absolute atomic E-state index is 0.188. The van der Waals surface area contributed by atoms with Crippen molar-refractivity contribution in [1.82, 2.24) is 19.9 Å². The second kappa shape index (κ2) is 6.66. The number of halogens is 1. The molecule has 1 amide bonds. The number of imidazole rings is 1. The van der Waals surface area contributed by atoms with Gasteiger partial charge in [0, 0.05) is 40.8 Å². The minimum Gasteiger partial charge on any atom is -0.347 e. The monoisotopic (exact) mass is 368 g/mol. The summed E-state index contributed by atoms with van der Waals surface area (Å²) in [7, 11) is 0. The van der Waals surface area contributed by atoms with Gasteiger partial charge in [0.05, 0.1) is 5.02 Å². The quantitative estimate of drug-likeness (QED) is 0.590. The topological polar surface area (TPSA) is 59.8 Å². The normalized spacial score (nSPS) is 10.9. The first-order valence-corrected chi connectivity index (χ1v) is 8.81. The van der Waals surface area contributed by atoms with Gasteiger partial charge in [0.2, 0.25) is 0 Å². The second-order valence-corrected chi connectivity index (χ2v) is 6.81. The number of aromatic nitrogens is 3. The molecular weight excluding hydrogens is 356 g/mol. The summed E-state index contributed by atoms with van der Waals surface area (Å²) in [6.07, 6.45) is 6.89. The Hall–Kier alpha value is -2.70. The third-order valence-electron chi connectivity index (χ3n) is 3.80. The fourth-order valence-corrected chi connectivity index (χ4v) is 4.03. The minimum atomic E-state index is -0.188. The molecule has 5 nitrogen and oxygen atoms in total. The molecule has 4 aromatic rings. The highest BCUT2D eigenvalue weighted by Gasteiger charge is 2.17. The maximum atomic E-state index is 12.6. The summed E-state index contributed by atoms with van der Waals surface area (Å²) in [6.45, 7) is 0.352. The predicted octanol–water partition coefficient (Wildman–Crippen LogP) is 4.07. The van der Waals surface area contributed by atoms with Gasteiger partial charge < -0.3 is 5.32 Å². The van der Waals surface area contributed by atoms with Crippen LogP contribution in [0.3, 0.4) is 0 Å². The van der Waals surface area contributed by atoms with Crippen LogP contribution in [-0.4, -0.2) is 20.4 Å². The average molecular weight is 369 g/mol. The summed E-state index contributed by atoms with van der Waals surface area (Å²) in [5.41, 5.74) is 0.895. The van der Waals surface area contributed by atoms with Gasteiger partial charge in [-0.05, 0) is 12.1 Å². The average Bonchev–Trinajstić information content (AvgIpc) is 3.29. The van der Waals surface area contributed by atoms with Crippen LogP contribution in [0.2, 0.25) is 5.02 Å². The molecule has 0 saturated heterocycles. The number of nitrogens with one attached hydrogen (secondary N) is 1. The van der Waals surface area contributed by atoms with E-state index in [0.29, 0.717) is 16.4 Å². The summed E-state index contributed by atoms with van der Waals surface area (Å²) < 4.78 is 2.81. The number of amides is 1. The Morgan fingerprint density at radius 2 is 2.08 bits per heavy atom. The summed E-state index contributed by atoms with van der Waals surface area (Å²) in [5.74, 6) is 0.550. The molecule has 0 radical (unpaired) electrons. The lowest BCUT2D eigenvalue weighted by Gasteiger charge is -2.09. The first-order valence-electron chi connectivity index (χ1n) is 7.61. The highest BCUT2D eigenvalue weighted by atomic mass is 35.5. The van der Waals surface area contributed by atoms with Crippen molar-refractivity contribution in [3.63, 3.8) is 0 Å². The molecule has 124 valence electrons. The molecule has 0 aliphatic rings. The molecule has 1 aromatic carbocycles. The first-order chi connectivity index (χ1) is 12.2. The summed E-state index contributed by atoms with van der Waals surface area (Å²) >= 11 is 7.77. The van der Waals surface area contributed by atoms with Crippen LogP contribution in [0.4, 0.5) is 0 Å². The molecule has 3 aromatic heterocycles. The van der Waals surface area contributed by atoms with Crippen molar-refractivity contribution in [2.75, 3.05) is 0 Å². The molecule has 7 heteroatoms. The lowest BCUT2D eigenvalue weighted by atomic mass is 10.2. The van der Waals surface area contributed by atoms with Crippen molar-refractivity contribution in [1.29, 1.82) is 0 Å². The lowest BCUT2D eigenvalue weighted by Crippen LogP contribution is -2.23. The van der Waals surface area contributed by atoms with Gasteiger partial charge in [0.25, 0.3) is 5.91 Å². The standard InChI is InChI=1S/C18H13ClN4OS/c19-15-13-5-1-2-6-14(13)25-16(15)18(24)22-10-12-4-3-7-21-17(12)23-9-8-20-11-23/h1-9,11H,10H2,(H,22,24). The molecule has 0 saturated carbocycles. The van der Waals surface area contributed by atoms with Crippen LogP contribution in [0.25, 0.3) is 15.9 Å². The van der Waals surface area contributed by atoms with Gasteiger partial charge in [0.1, 0.15) is 17.0 Å². The number of carbonyl (C=O) groups is 1. The maximum absolute atomic E-state index is 12.6. The van der Waals surface area contributed by atoms with Crippen LogP contribution in [0.15, 0.2) is 61.3 Å². The van der Waals surface area contributed by atoms with Crippen molar-refractivity contribution < 1.29 is 4.79 Å². The second-order valence-electron chi connectivity index (χ2n) is 5.38. The molecule has 0 atom stereocenters. The summed E-state index contributed by atoms with van der Waals surface area (Å²) in [5, 5.41) is 4.33. The Labute approximate surface area is 152 Å². The van der Waals surface area contributed by atoms with Crippen molar-refractivity contribution in [3.8, 4) is 5.82 Å². The third-order valence-corrected chi connectivity index (χ3v) is 5.47. The van der Waals surface area contributed by atoms with E-state index >= 15 is 0 Å². The number of pyridine rings is 1. The maximum Gasteiger partial charge on any atom is 0.263 e. The Kier molecular flexibility index (Phi) is 4.21. The van der Waals surface area contributed by atoms with Gasteiger partial charge in [0.15, 0.2) is 0 Å². The first kappa shape index (κ1) is 15.8. The van der Waals surface area contributed by atoms with Gasteiger partial charge in [-0.1, -0.05) is 35.9 Å². The molecule has 25 heavy (non-hydrogen) atoms. The van der Waals surface area contributed by atoms with E-state index in [1.54, 1.807) is 18.7 Å². The molecule has 4 rings (SSSR count). The molecule has 0 bridgehead atoms. The molecular formula is C18H13ClN4OS. The smallest absolute Gasteiger partial charge is 0.263 e. The summed E-state index contributed by atoms with van der Waals surface area (Å²) in [4.78, 5) is 21.5. The van der Waals surface area contributed by atoms with Gasteiger partial charge >= 0.3 is 0 Å². The highest BCUT2D eigenvalue weighted by molar-refractivity contribution is 7.21. The van der Waals surface area contributed by atoms with Crippen LogP contribution in [0.5, 0.6) is 0 Å². The Bertz CT molecular complexity index is 1040. The third kappa shape index (κ3) is 3.01. The zero-order valence-corrected chi connectivity index (χ0v) is 14.6. The molecule has 0 spiro atoms. The van der Waals surface area contributed by atoms with Gasteiger partial charge in [-0.25, -0.2) is 9.97 Å². The predicted molar refractivity (Wildman–Crippen MR) is 99.4 cm³/mol. The van der Waals surface area contributed by atoms with Gasteiger partial charge in [-0.15, -0.1) is 11.3 Å². The molecule has 0 fully saturated rings. The number of hydrogen-bond donors (Lipinski definition) is 1.